The minimum Gasteiger partial charge on any atom is -0.452 e. The molecule has 1 heterocycles. The largest absolute Gasteiger partial charge is 0.573 e. The minimum atomic E-state index is -4.82. The third-order valence-electron chi connectivity index (χ3n) is 2.47. The molecular formula is C14H10F3N3O4. The van der Waals surface area contributed by atoms with Crippen molar-refractivity contribution in [2.24, 2.45) is 0 Å². The first kappa shape index (κ1) is 17.2. The molecule has 7 nitrogen and oxygen atoms in total. The molecule has 10 heteroatoms. The average Bonchev–Trinajstić information content (AvgIpc) is 2.53. The van der Waals surface area contributed by atoms with E-state index in [0.717, 1.165) is 24.3 Å². The summed E-state index contributed by atoms with van der Waals surface area (Å²) in [6.07, 6.45) is -1.99. The van der Waals surface area contributed by atoms with Crippen molar-refractivity contribution in [1.29, 1.82) is 0 Å². The summed E-state index contributed by atoms with van der Waals surface area (Å²) < 4.78 is 44.5. The van der Waals surface area contributed by atoms with Crippen LogP contribution in [-0.2, 0) is 9.53 Å². The van der Waals surface area contributed by atoms with Gasteiger partial charge in [0.05, 0.1) is 5.56 Å². The maximum atomic E-state index is 12.0. The molecule has 24 heavy (non-hydrogen) atoms. The van der Waals surface area contributed by atoms with E-state index in [2.05, 4.69) is 20.0 Å². The van der Waals surface area contributed by atoms with E-state index >= 15 is 0 Å². The third kappa shape index (κ3) is 5.55. The molecule has 0 unspecified atom stereocenters. The first-order valence-corrected chi connectivity index (χ1v) is 6.43. The SMILES string of the molecule is O=C(COC(=O)c1ccc(OC(F)(F)F)cc1)Nc1ncccn1. The smallest absolute Gasteiger partial charge is 0.452 e. The molecule has 0 aliphatic carbocycles. The van der Waals surface area contributed by atoms with E-state index in [-0.39, 0.29) is 11.5 Å². The molecule has 0 atom stereocenters. The van der Waals surface area contributed by atoms with Crippen molar-refractivity contribution < 1.29 is 32.2 Å². The van der Waals surface area contributed by atoms with Crippen LogP contribution in [0.4, 0.5) is 19.1 Å². The zero-order valence-corrected chi connectivity index (χ0v) is 11.9. The van der Waals surface area contributed by atoms with Gasteiger partial charge in [-0.05, 0) is 30.3 Å². The van der Waals surface area contributed by atoms with Gasteiger partial charge in [0.25, 0.3) is 5.91 Å². The molecule has 0 bridgehead atoms. The molecule has 0 fully saturated rings. The molecule has 2 aromatic rings. The van der Waals surface area contributed by atoms with Crippen molar-refractivity contribution in [2.75, 3.05) is 11.9 Å². The number of amides is 1. The number of esters is 1. The van der Waals surface area contributed by atoms with Crippen LogP contribution < -0.4 is 10.1 Å². The highest BCUT2D eigenvalue weighted by Crippen LogP contribution is 2.22. The lowest BCUT2D eigenvalue weighted by molar-refractivity contribution is -0.274. The van der Waals surface area contributed by atoms with Crippen molar-refractivity contribution in [3.8, 4) is 5.75 Å². The molecule has 0 aliphatic heterocycles. The molecule has 1 aromatic heterocycles. The van der Waals surface area contributed by atoms with Crippen LogP contribution in [0.2, 0.25) is 0 Å². The normalized spacial score (nSPS) is 10.8. The number of hydrogen-bond donors (Lipinski definition) is 1. The van der Waals surface area contributed by atoms with Crippen LogP contribution >= 0.6 is 0 Å². The van der Waals surface area contributed by atoms with Crippen molar-refractivity contribution in [2.45, 2.75) is 6.36 Å². The number of halogens is 3. The van der Waals surface area contributed by atoms with Crippen LogP contribution in [0, 0.1) is 0 Å². The zero-order chi connectivity index (χ0) is 17.6. The van der Waals surface area contributed by atoms with Gasteiger partial charge in [0.2, 0.25) is 5.95 Å². The Labute approximate surface area is 133 Å². The summed E-state index contributed by atoms with van der Waals surface area (Å²) in [5.74, 6) is -1.96. The molecule has 0 spiro atoms. The van der Waals surface area contributed by atoms with E-state index in [1.165, 1.54) is 12.4 Å². The number of hydrogen-bond acceptors (Lipinski definition) is 6. The number of anilines is 1. The van der Waals surface area contributed by atoms with Gasteiger partial charge in [-0.3, -0.25) is 10.1 Å². The highest BCUT2D eigenvalue weighted by atomic mass is 19.4. The lowest BCUT2D eigenvalue weighted by Gasteiger charge is -2.09. The van der Waals surface area contributed by atoms with E-state index in [9.17, 15) is 22.8 Å². The number of ether oxygens (including phenoxy) is 2. The molecule has 0 saturated heterocycles. The Balaban J connectivity index is 1.85. The first-order chi connectivity index (χ1) is 11.3. The molecule has 1 N–H and O–H groups in total. The summed E-state index contributed by atoms with van der Waals surface area (Å²) >= 11 is 0. The molecule has 0 saturated carbocycles. The standard InChI is InChI=1S/C14H10F3N3O4/c15-14(16,17)24-10-4-2-9(3-5-10)12(22)23-8-11(21)20-13-18-6-1-7-19-13/h1-7H,8H2,(H,18,19,20,21). The van der Waals surface area contributed by atoms with Crippen LogP contribution in [0.1, 0.15) is 10.4 Å². The predicted molar refractivity (Wildman–Crippen MR) is 74.1 cm³/mol. The first-order valence-electron chi connectivity index (χ1n) is 6.43. The van der Waals surface area contributed by atoms with E-state index in [1.807, 2.05) is 0 Å². The lowest BCUT2D eigenvalue weighted by atomic mass is 10.2. The zero-order valence-electron chi connectivity index (χ0n) is 11.9. The Morgan fingerprint density at radius 1 is 1.08 bits per heavy atom. The summed E-state index contributed by atoms with van der Waals surface area (Å²) in [4.78, 5) is 30.8. The molecule has 0 radical (unpaired) electrons. The Bertz CT molecular complexity index is 705. The summed E-state index contributed by atoms with van der Waals surface area (Å²) in [6, 6.07) is 5.65. The number of carbonyl (C=O) groups excluding carboxylic acids is 2. The number of nitrogens with zero attached hydrogens (tertiary/aromatic N) is 2. The highest BCUT2D eigenvalue weighted by Gasteiger charge is 2.31. The average molecular weight is 341 g/mol. The highest BCUT2D eigenvalue weighted by molar-refractivity contribution is 5.94. The van der Waals surface area contributed by atoms with E-state index in [1.54, 1.807) is 6.07 Å². The summed E-state index contributed by atoms with van der Waals surface area (Å²) in [5.41, 5.74) is -0.0340. The second-order valence-corrected chi connectivity index (χ2v) is 4.27. The Hall–Kier alpha value is -3.17. The van der Waals surface area contributed by atoms with Crippen LogP contribution in [0.25, 0.3) is 0 Å². The van der Waals surface area contributed by atoms with Gasteiger partial charge < -0.3 is 9.47 Å². The topological polar surface area (TPSA) is 90.4 Å². The van der Waals surface area contributed by atoms with Gasteiger partial charge in [-0.2, -0.15) is 0 Å². The van der Waals surface area contributed by atoms with Gasteiger partial charge >= 0.3 is 12.3 Å². The third-order valence-corrected chi connectivity index (χ3v) is 2.47. The van der Waals surface area contributed by atoms with Crippen molar-refractivity contribution >= 4 is 17.8 Å². The summed E-state index contributed by atoms with van der Waals surface area (Å²) in [6.45, 7) is -0.599. The Kier molecular flexibility index (Phi) is 5.30. The summed E-state index contributed by atoms with van der Waals surface area (Å²) in [7, 11) is 0. The van der Waals surface area contributed by atoms with Gasteiger partial charge in [-0.1, -0.05) is 0 Å². The van der Waals surface area contributed by atoms with Crippen molar-refractivity contribution in [3.63, 3.8) is 0 Å². The van der Waals surface area contributed by atoms with Crippen LogP contribution in [0.5, 0.6) is 5.75 Å². The van der Waals surface area contributed by atoms with Crippen LogP contribution in [-0.4, -0.2) is 34.8 Å². The van der Waals surface area contributed by atoms with E-state index in [4.69, 9.17) is 4.74 Å². The number of rotatable bonds is 5. The molecule has 1 aromatic carbocycles. The van der Waals surface area contributed by atoms with Gasteiger partial charge in [-0.25, -0.2) is 14.8 Å². The fraction of sp³-hybridized carbons (Fsp3) is 0.143. The van der Waals surface area contributed by atoms with E-state index in [0.29, 0.717) is 0 Å². The second-order valence-electron chi connectivity index (χ2n) is 4.27. The van der Waals surface area contributed by atoms with Crippen LogP contribution in [0.15, 0.2) is 42.7 Å². The fourth-order valence-electron chi connectivity index (χ4n) is 1.53. The second kappa shape index (κ2) is 7.40. The molecule has 126 valence electrons. The lowest BCUT2D eigenvalue weighted by Crippen LogP contribution is -2.22. The number of carbonyl (C=O) groups is 2. The molecule has 1 amide bonds. The molecule has 2 rings (SSSR count). The Morgan fingerprint density at radius 3 is 2.29 bits per heavy atom. The van der Waals surface area contributed by atoms with Gasteiger partial charge in [0, 0.05) is 12.4 Å². The molecular weight excluding hydrogens is 331 g/mol. The number of alkyl halides is 3. The van der Waals surface area contributed by atoms with Crippen molar-refractivity contribution in [1.82, 2.24) is 9.97 Å². The van der Waals surface area contributed by atoms with E-state index < -0.39 is 30.6 Å². The monoisotopic (exact) mass is 341 g/mol. The van der Waals surface area contributed by atoms with Crippen LogP contribution in [0.3, 0.4) is 0 Å². The number of nitrogens with one attached hydrogen (secondary N) is 1. The fourth-order valence-corrected chi connectivity index (χ4v) is 1.53. The van der Waals surface area contributed by atoms with Gasteiger partial charge in [0.1, 0.15) is 5.75 Å². The van der Waals surface area contributed by atoms with Gasteiger partial charge in [0.15, 0.2) is 6.61 Å². The minimum absolute atomic E-state index is 0.0340. The van der Waals surface area contributed by atoms with Gasteiger partial charge in [-0.15, -0.1) is 13.2 Å². The quantitative estimate of drug-likeness (QED) is 0.838. The summed E-state index contributed by atoms with van der Waals surface area (Å²) in [5, 5.41) is 2.30. The predicted octanol–water partition coefficient (Wildman–Crippen LogP) is 2.17. The maximum absolute atomic E-state index is 12.0. The Morgan fingerprint density at radius 2 is 1.71 bits per heavy atom. The molecule has 0 aliphatic rings. The maximum Gasteiger partial charge on any atom is 0.573 e. The number of aromatic nitrogens is 2. The number of benzene rings is 1. The van der Waals surface area contributed by atoms with Crippen molar-refractivity contribution in [3.05, 3.63) is 48.3 Å².